The van der Waals surface area contributed by atoms with Gasteiger partial charge in [0.05, 0.1) is 23.8 Å². The van der Waals surface area contributed by atoms with E-state index in [2.05, 4.69) is 11.4 Å². The summed E-state index contributed by atoms with van der Waals surface area (Å²) in [6.07, 6.45) is -0.880. The summed E-state index contributed by atoms with van der Waals surface area (Å²) in [6, 6.07) is 23.8. The zero-order chi connectivity index (χ0) is 22.8. The fourth-order valence-electron chi connectivity index (χ4n) is 2.98. The topological polar surface area (TPSA) is 101 Å². The summed E-state index contributed by atoms with van der Waals surface area (Å²) in [4.78, 5) is 11.8. The number of benzene rings is 3. The highest BCUT2D eigenvalue weighted by Crippen LogP contribution is 2.33. The third-order valence-corrected chi connectivity index (χ3v) is 4.46. The van der Waals surface area contributed by atoms with Crippen molar-refractivity contribution in [1.29, 1.82) is 5.26 Å². The number of nitriles is 1. The molecule has 0 spiro atoms. The van der Waals surface area contributed by atoms with E-state index in [1.807, 2.05) is 30.3 Å². The molecule has 0 aliphatic rings. The molecule has 0 aromatic heterocycles. The lowest BCUT2D eigenvalue weighted by Crippen LogP contribution is -2.19. The van der Waals surface area contributed by atoms with Crippen LogP contribution in [0.3, 0.4) is 0 Å². The number of hydrogen-bond acceptors (Lipinski definition) is 7. The van der Waals surface area contributed by atoms with Crippen molar-refractivity contribution in [3.8, 4) is 17.6 Å². The maximum absolute atomic E-state index is 11.8. The van der Waals surface area contributed by atoms with Gasteiger partial charge in [-0.15, -0.1) is 0 Å². The van der Waals surface area contributed by atoms with Crippen LogP contribution in [0.25, 0.3) is 0 Å². The number of aliphatic hydroxyl groups is 1. The second-order valence-electron chi connectivity index (χ2n) is 6.87. The van der Waals surface area contributed by atoms with Crippen molar-refractivity contribution in [3.05, 3.63) is 89.5 Å². The van der Waals surface area contributed by atoms with Crippen LogP contribution in [-0.2, 0) is 16.1 Å². The minimum absolute atomic E-state index is 0.0842. The fourth-order valence-corrected chi connectivity index (χ4v) is 2.98. The summed E-state index contributed by atoms with van der Waals surface area (Å²) in [5.74, 6) is 0.525. The molecule has 32 heavy (non-hydrogen) atoms. The molecule has 0 saturated carbocycles. The minimum Gasteiger partial charge on any atom is -0.491 e. The predicted octanol–water partition coefficient (Wildman–Crippen LogP) is 4.18. The van der Waals surface area contributed by atoms with Crippen molar-refractivity contribution in [2.75, 3.05) is 18.5 Å². The Morgan fingerprint density at radius 1 is 1.06 bits per heavy atom. The molecule has 0 amide bonds. The van der Waals surface area contributed by atoms with Crippen LogP contribution in [0, 0.1) is 11.3 Å². The molecule has 0 radical (unpaired) electrons. The lowest BCUT2D eigenvalue weighted by Gasteiger charge is -2.23. The molecule has 1 unspecified atom stereocenters. The molecule has 0 bridgehead atoms. The maximum Gasteiger partial charge on any atom is 0.304 e. The molecule has 3 rings (SSSR count). The van der Waals surface area contributed by atoms with Crippen LogP contribution < -0.4 is 14.8 Å². The summed E-state index contributed by atoms with van der Waals surface area (Å²) in [5.41, 5.74) is 2.72. The van der Waals surface area contributed by atoms with Gasteiger partial charge in [0.15, 0.2) is 0 Å². The van der Waals surface area contributed by atoms with Gasteiger partial charge in [-0.2, -0.15) is 5.26 Å². The van der Waals surface area contributed by atoms with Crippen LogP contribution in [0.4, 0.5) is 5.69 Å². The molecule has 0 heterocycles. The zero-order valence-corrected chi connectivity index (χ0v) is 17.7. The standard InChI is InChI=1S/C25H24N2O5/c1-18(29)32-25(27-21-9-7-19(16-26)8-10-21)23-15-22(11-12-24(23)30-14-13-28)31-17-20-5-3-2-4-6-20/h2-12,15,25,27-28H,13-14,17H2,1H3. The molecule has 0 aliphatic heterocycles. The van der Waals surface area contributed by atoms with Crippen molar-refractivity contribution >= 4 is 11.7 Å². The normalized spacial score (nSPS) is 11.2. The first-order chi connectivity index (χ1) is 15.6. The summed E-state index contributed by atoms with van der Waals surface area (Å²) in [5, 5.41) is 21.3. The Hall–Kier alpha value is -4.02. The number of anilines is 1. The lowest BCUT2D eigenvalue weighted by atomic mass is 10.1. The summed E-state index contributed by atoms with van der Waals surface area (Å²) in [6.45, 7) is 1.61. The van der Waals surface area contributed by atoms with E-state index >= 15 is 0 Å². The Morgan fingerprint density at radius 3 is 2.47 bits per heavy atom. The van der Waals surface area contributed by atoms with Crippen LogP contribution in [-0.4, -0.2) is 24.3 Å². The second-order valence-corrected chi connectivity index (χ2v) is 6.87. The van der Waals surface area contributed by atoms with Gasteiger partial charge in [-0.3, -0.25) is 4.79 Å². The number of carbonyl (C=O) groups excluding carboxylic acids is 1. The highest BCUT2D eigenvalue weighted by Gasteiger charge is 2.21. The van der Waals surface area contributed by atoms with Crippen molar-refractivity contribution in [2.45, 2.75) is 19.8 Å². The van der Waals surface area contributed by atoms with Gasteiger partial charge >= 0.3 is 5.97 Å². The van der Waals surface area contributed by atoms with Crippen molar-refractivity contribution in [2.24, 2.45) is 0 Å². The third kappa shape index (κ3) is 6.49. The van der Waals surface area contributed by atoms with Crippen LogP contribution in [0.5, 0.6) is 11.5 Å². The number of nitrogens with zero attached hydrogens (tertiary/aromatic N) is 1. The van der Waals surface area contributed by atoms with E-state index in [9.17, 15) is 9.90 Å². The number of nitrogens with one attached hydrogen (secondary N) is 1. The zero-order valence-electron chi connectivity index (χ0n) is 17.7. The van der Waals surface area contributed by atoms with Gasteiger partial charge in [0.25, 0.3) is 0 Å². The quantitative estimate of drug-likeness (QED) is 0.366. The molecule has 1 atom stereocenters. The van der Waals surface area contributed by atoms with Crippen LogP contribution in [0.15, 0.2) is 72.8 Å². The first-order valence-corrected chi connectivity index (χ1v) is 10.1. The number of hydrogen-bond donors (Lipinski definition) is 2. The van der Waals surface area contributed by atoms with Gasteiger partial charge in [-0.05, 0) is 48.0 Å². The van der Waals surface area contributed by atoms with E-state index in [4.69, 9.17) is 19.5 Å². The number of rotatable bonds is 10. The molecule has 7 heteroatoms. The van der Waals surface area contributed by atoms with Crippen LogP contribution >= 0.6 is 0 Å². The van der Waals surface area contributed by atoms with E-state index in [1.54, 1.807) is 42.5 Å². The molecule has 0 aliphatic carbocycles. The maximum atomic E-state index is 11.8. The van der Waals surface area contributed by atoms with Crippen LogP contribution in [0.2, 0.25) is 0 Å². The van der Waals surface area contributed by atoms with Crippen molar-refractivity contribution in [1.82, 2.24) is 0 Å². The highest BCUT2D eigenvalue weighted by molar-refractivity contribution is 5.67. The first kappa shape index (κ1) is 22.7. The Labute approximate surface area is 186 Å². The average molecular weight is 432 g/mol. The Kier molecular flexibility index (Phi) is 8.07. The lowest BCUT2D eigenvalue weighted by molar-refractivity contribution is -0.145. The number of esters is 1. The van der Waals surface area contributed by atoms with E-state index in [1.165, 1.54) is 6.92 Å². The minimum atomic E-state index is -0.880. The highest BCUT2D eigenvalue weighted by atomic mass is 16.6. The second kappa shape index (κ2) is 11.4. The summed E-state index contributed by atoms with van der Waals surface area (Å²) in [7, 11) is 0. The molecule has 7 nitrogen and oxygen atoms in total. The van der Waals surface area contributed by atoms with Crippen molar-refractivity contribution in [3.63, 3.8) is 0 Å². The van der Waals surface area contributed by atoms with Crippen molar-refractivity contribution < 1.29 is 24.1 Å². The molecule has 0 saturated heterocycles. The molecule has 3 aromatic carbocycles. The molecule has 164 valence electrons. The van der Waals surface area contributed by atoms with Gasteiger partial charge < -0.3 is 24.6 Å². The Morgan fingerprint density at radius 2 is 1.81 bits per heavy atom. The summed E-state index contributed by atoms with van der Waals surface area (Å²) < 4.78 is 17.1. The Balaban J connectivity index is 1.89. The van der Waals surface area contributed by atoms with Gasteiger partial charge in [0.1, 0.15) is 24.7 Å². The fraction of sp³-hybridized carbons (Fsp3) is 0.200. The van der Waals surface area contributed by atoms with Gasteiger partial charge in [0.2, 0.25) is 6.23 Å². The van der Waals surface area contributed by atoms with E-state index in [0.29, 0.717) is 34.9 Å². The molecule has 3 aromatic rings. The number of aliphatic hydroxyl groups excluding tert-OH is 1. The molecule has 2 N–H and O–H groups in total. The molecule has 0 fully saturated rings. The molecular formula is C25H24N2O5. The average Bonchev–Trinajstić information content (AvgIpc) is 2.82. The number of carbonyl (C=O) groups is 1. The van der Waals surface area contributed by atoms with Crippen LogP contribution in [0.1, 0.15) is 29.8 Å². The summed E-state index contributed by atoms with van der Waals surface area (Å²) >= 11 is 0. The third-order valence-electron chi connectivity index (χ3n) is 4.46. The first-order valence-electron chi connectivity index (χ1n) is 10.1. The SMILES string of the molecule is CC(=O)OC(Nc1ccc(C#N)cc1)c1cc(OCc2ccccc2)ccc1OCCO. The van der Waals surface area contributed by atoms with Gasteiger partial charge in [-0.1, -0.05) is 30.3 Å². The Bertz CT molecular complexity index is 1060. The van der Waals surface area contributed by atoms with Gasteiger partial charge in [-0.25, -0.2) is 0 Å². The van der Waals surface area contributed by atoms with E-state index < -0.39 is 12.2 Å². The van der Waals surface area contributed by atoms with E-state index in [0.717, 1.165) is 5.56 Å². The number of ether oxygens (including phenoxy) is 3. The smallest absolute Gasteiger partial charge is 0.304 e. The van der Waals surface area contributed by atoms with E-state index in [-0.39, 0.29) is 13.2 Å². The molecular weight excluding hydrogens is 408 g/mol. The monoisotopic (exact) mass is 432 g/mol. The largest absolute Gasteiger partial charge is 0.491 e. The predicted molar refractivity (Wildman–Crippen MR) is 119 cm³/mol. The van der Waals surface area contributed by atoms with Gasteiger partial charge in [0, 0.05) is 12.6 Å².